The van der Waals surface area contributed by atoms with Gasteiger partial charge in [0, 0.05) is 33.5 Å². The normalized spacial score (nSPS) is 11.4. The zero-order chi connectivity index (χ0) is 38.4. The van der Waals surface area contributed by atoms with Gasteiger partial charge in [-0.2, -0.15) is 0 Å². The van der Waals surface area contributed by atoms with Crippen LogP contribution in [0, 0.1) is 0 Å². The minimum atomic E-state index is 0.679. The summed E-state index contributed by atoms with van der Waals surface area (Å²) in [4.78, 5) is 15.8. The van der Waals surface area contributed by atoms with E-state index in [2.05, 4.69) is 197 Å². The van der Waals surface area contributed by atoms with Gasteiger partial charge in [0.15, 0.2) is 5.82 Å². The fourth-order valence-electron chi connectivity index (χ4n) is 8.24. The Morgan fingerprint density at radius 2 is 0.810 bits per heavy atom. The van der Waals surface area contributed by atoms with Crippen LogP contribution in [-0.2, 0) is 0 Å². The fourth-order valence-corrected chi connectivity index (χ4v) is 8.24. The van der Waals surface area contributed by atoms with Crippen molar-refractivity contribution in [2.45, 2.75) is 0 Å². The minimum absolute atomic E-state index is 0.679. The van der Waals surface area contributed by atoms with Gasteiger partial charge in [0.25, 0.3) is 0 Å². The van der Waals surface area contributed by atoms with Crippen molar-refractivity contribution in [3.63, 3.8) is 0 Å². The lowest BCUT2D eigenvalue weighted by molar-refractivity contribution is 1.10. The Morgan fingerprint density at radius 1 is 0.328 bits per heavy atom. The Labute approximate surface area is 335 Å². The van der Waals surface area contributed by atoms with Gasteiger partial charge in [-0.1, -0.05) is 152 Å². The maximum Gasteiger partial charge on any atom is 0.162 e. The zero-order valence-electron chi connectivity index (χ0n) is 31.4. The molecule has 0 fully saturated rings. The summed E-state index contributed by atoms with van der Waals surface area (Å²) < 4.78 is 4.51. The van der Waals surface area contributed by atoms with Crippen molar-refractivity contribution >= 4 is 33.0 Å². The van der Waals surface area contributed by atoms with Gasteiger partial charge < -0.3 is 0 Å². The van der Waals surface area contributed by atoms with E-state index >= 15 is 0 Å². The number of rotatable bonds is 7. The molecule has 0 atom stereocenters. The molecule has 0 saturated carbocycles. The summed E-state index contributed by atoms with van der Waals surface area (Å²) in [5, 5.41) is 2.17. The van der Waals surface area contributed by atoms with Crippen molar-refractivity contribution in [2.24, 2.45) is 0 Å². The molecule has 0 aliphatic rings. The van der Waals surface area contributed by atoms with Crippen LogP contribution in [0.25, 0.3) is 101 Å². The van der Waals surface area contributed by atoms with Crippen LogP contribution in [0.2, 0.25) is 0 Å². The second-order valence-electron chi connectivity index (χ2n) is 14.5. The van der Waals surface area contributed by atoms with E-state index in [-0.39, 0.29) is 0 Å². The lowest BCUT2D eigenvalue weighted by atomic mass is 9.97. The van der Waals surface area contributed by atoms with E-state index < -0.39 is 0 Å². The number of benzene rings is 8. The van der Waals surface area contributed by atoms with Crippen molar-refractivity contribution in [1.82, 2.24) is 24.1 Å². The van der Waals surface area contributed by atoms with Crippen LogP contribution in [-0.4, -0.2) is 24.1 Å². The van der Waals surface area contributed by atoms with Crippen LogP contribution in [0.1, 0.15) is 0 Å². The quantitative estimate of drug-likeness (QED) is 0.163. The number of fused-ring (bicyclic) bond motifs is 4. The predicted molar refractivity (Wildman–Crippen MR) is 238 cm³/mol. The van der Waals surface area contributed by atoms with Gasteiger partial charge in [-0.05, 0) is 82.9 Å². The molecule has 0 bridgehead atoms. The third kappa shape index (κ3) is 5.76. The van der Waals surface area contributed by atoms with E-state index in [4.69, 9.17) is 15.0 Å². The first-order valence-electron chi connectivity index (χ1n) is 19.5. The zero-order valence-corrected chi connectivity index (χ0v) is 31.4. The van der Waals surface area contributed by atoms with E-state index in [0.29, 0.717) is 5.82 Å². The van der Waals surface area contributed by atoms with E-state index in [1.807, 2.05) is 24.3 Å². The highest BCUT2D eigenvalue weighted by Crippen LogP contribution is 2.39. The van der Waals surface area contributed by atoms with Gasteiger partial charge in [-0.3, -0.25) is 9.13 Å². The Kier molecular flexibility index (Phi) is 8.07. The average Bonchev–Trinajstić information content (AvgIpc) is 3.86. The SMILES string of the molecule is c1ccc(-c2nc(-c3cccc(-c4cccc(-c5cccc(-c6nc7ccccc7n6-c6ccccc6)c5)c4)c3)nc3c2c2ccccc2n3-c2ccccc2)cc1. The second-order valence-corrected chi connectivity index (χ2v) is 14.5. The fraction of sp³-hybridized carbons (Fsp3) is 0. The molecule has 0 saturated heterocycles. The summed E-state index contributed by atoms with van der Waals surface area (Å²) in [5.74, 6) is 1.59. The Balaban J connectivity index is 1.02. The summed E-state index contributed by atoms with van der Waals surface area (Å²) in [6, 6.07) is 74.3. The maximum absolute atomic E-state index is 5.37. The van der Waals surface area contributed by atoms with Crippen LogP contribution in [0.4, 0.5) is 0 Å². The topological polar surface area (TPSA) is 48.5 Å². The third-order valence-corrected chi connectivity index (χ3v) is 10.9. The molecule has 3 heterocycles. The van der Waals surface area contributed by atoms with Crippen LogP contribution in [0.15, 0.2) is 212 Å². The van der Waals surface area contributed by atoms with Crippen LogP contribution < -0.4 is 0 Å². The molecule has 0 aliphatic heterocycles. The summed E-state index contributed by atoms with van der Waals surface area (Å²) >= 11 is 0. The van der Waals surface area contributed by atoms with Gasteiger partial charge in [0.1, 0.15) is 11.5 Å². The Hall–Kier alpha value is -7.89. The van der Waals surface area contributed by atoms with E-state index in [1.54, 1.807) is 0 Å². The van der Waals surface area contributed by atoms with Gasteiger partial charge in [0.05, 0.1) is 27.6 Å². The number of hydrogen-bond donors (Lipinski definition) is 0. The van der Waals surface area contributed by atoms with Crippen LogP contribution in [0.5, 0.6) is 0 Å². The van der Waals surface area contributed by atoms with Gasteiger partial charge >= 0.3 is 0 Å². The number of aromatic nitrogens is 5. The first-order valence-corrected chi connectivity index (χ1v) is 19.5. The number of hydrogen-bond acceptors (Lipinski definition) is 3. The summed E-state index contributed by atoms with van der Waals surface area (Å²) in [6.07, 6.45) is 0. The number of imidazole rings is 1. The van der Waals surface area contributed by atoms with Crippen molar-refractivity contribution < 1.29 is 0 Å². The molecule has 0 radical (unpaired) electrons. The average molecular weight is 742 g/mol. The molecule has 0 unspecified atom stereocenters. The molecule has 58 heavy (non-hydrogen) atoms. The molecular formula is C53H35N5. The molecule has 11 rings (SSSR count). The van der Waals surface area contributed by atoms with Crippen LogP contribution >= 0.6 is 0 Å². The van der Waals surface area contributed by atoms with Crippen molar-refractivity contribution in [3.05, 3.63) is 212 Å². The van der Waals surface area contributed by atoms with Crippen LogP contribution in [0.3, 0.4) is 0 Å². The smallest absolute Gasteiger partial charge is 0.162 e. The second kappa shape index (κ2) is 14.0. The molecule has 272 valence electrons. The van der Waals surface area contributed by atoms with E-state index in [1.165, 1.54) is 0 Å². The molecule has 11 aromatic rings. The maximum atomic E-state index is 5.37. The van der Waals surface area contributed by atoms with E-state index in [0.717, 1.165) is 94.8 Å². The van der Waals surface area contributed by atoms with E-state index in [9.17, 15) is 0 Å². The van der Waals surface area contributed by atoms with Crippen molar-refractivity contribution in [3.8, 4) is 67.7 Å². The Bertz CT molecular complexity index is 3270. The molecule has 3 aromatic heterocycles. The lowest BCUT2D eigenvalue weighted by Crippen LogP contribution is -1.99. The molecule has 0 amide bonds. The van der Waals surface area contributed by atoms with Gasteiger partial charge in [-0.15, -0.1) is 0 Å². The standard InChI is InChI=1S/C53H35N5/c1-4-17-36(18-5-1)50-49-45-29-10-12-31-47(45)57(43-25-6-2-7-26-43)53(49)56-51(55-50)41-23-15-21-39(34-41)37-19-14-20-38(33-37)40-22-16-24-42(35-40)52-54-46-30-11-13-32-48(46)58(52)44-27-8-3-9-28-44/h1-35H. The minimum Gasteiger partial charge on any atom is -0.294 e. The molecule has 5 nitrogen and oxygen atoms in total. The van der Waals surface area contributed by atoms with Crippen molar-refractivity contribution in [2.75, 3.05) is 0 Å². The first-order chi connectivity index (χ1) is 28.8. The summed E-state index contributed by atoms with van der Waals surface area (Å²) in [7, 11) is 0. The Morgan fingerprint density at radius 3 is 1.48 bits per heavy atom. The van der Waals surface area contributed by atoms with Gasteiger partial charge in [-0.25, -0.2) is 15.0 Å². The highest BCUT2D eigenvalue weighted by Gasteiger charge is 2.21. The summed E-state index contributed by atoms with van der Waals surface area (Å²) in [6.45, 7) is 0. The molecular weight excluding hydrogens is 707 g/mol. The molecule has 8 aromatic carbocycles. The molecule has 0 N–H and O–H groups in total. The lowest BCUT2D eigenvalue weighted by Gasteiger charge is -2.12. The molecule has 5 heteroatoms. The number of para-hydroxylation sites is 5. The van der Waals surface area contributed by atoms with Crippen molar-refractivity contribution in [1.29, 1.82) is 0 Å². The third-order valence-electron chi connectivity index (χ3n) is 10.9. The number of nitrogens with zero attached hydrogens (tertiary/aromatic N) is 5. The summed E-state index contributed by atoms with van der Waals surface area (Å²) in [5.41, 5.74) is 14.6. The largest absolute Gasteiger partial charge is 0.294 e. The highest BCUT2D eigenvalue weighted by atomic mass is 15.1. The molecule has 0 aliphatic carbocycles. The highest BCUT2D eigenvalue weighted by molar-refractivity contribution is 6.14. The first kappa shape index (κ1) is 33.4. The predicted octanol–water partition coefficient (Wildman–Crippen LogP) is 13.2. The van der Waals surface area contributed by atoms with Gasteiger partial charge in [0.2, 0.25) is 0 Å². The molecule has 0 spiro atoms. The monoisotopic (exact) mass is 741 g/mol.